The SMILES string of the molecule is CC1CC(C)(C)CC1NCC1CCN(C(=O)OC(C)(C)C)C1. The van der Waals surface area contributed by atoms with Crippen molar-refractivity contribution >= 4 is 6.09 Å². The van der Waals surface area contributed by atoms with Crippen molar-refractivity contribution in [2.75, 3.05) is 19.6 Å². The number of hydrogen-bond donors (Lipinski definition) is 1. The molecule has 1 saturated carbocycles. The Balaban J connectivity index is 1.74. The van der Waals surface area contributed by atoms with Crippen LogP contribution in [0.15, 0.2) is 0 Å². The summed E-state index contributed by atoms with van der Waals surface area (Å²) in [5, 5.41) is 3.76. The number of amides is 1. The molecule has 1 aliphatic carbocycles. The third-order valence-electron chi connectivity index (χ3n) is 4.94. The van der Waals surface area contributed by atoms with E-state index in [1.807, 2.05) is 25.7 Å². The Labute approximate surface area is 136 Å². The van der Waals surface area contributed by atoms with E-state index < -0.39 is 5.60 Å². The van der Waals surface area contributed by atoms with Crippen LogP contribution in [0, 0.1) is 17.3 Å². The summed E-state index contributed by atoms with van der Waals surface area (Å²) in [6.07, 6.45) is 3.48. The second-order valence-corrected chi connectivity index (χ2v) is 9.15. The fourth-order valence-electron chi connectivity index (χ4n) is 3.98. The number of carbonyl (C=O) groups excluding carboxylic acids is 1. The van der Waals surface area contributed by atoms with Crippen molar-refractivity contribution in [3.63, 3.8) is 0 Å². The second kappa shape index (κ2) is 6.38. The van der Waals surface area contributed by atoms with Crippen LogP contribution in [-0.2, 0) is 4.74 Å². The summed E-state index contributed by atoms with van der Waals surface area (Å²) in [4.78, 5) is 13.9. The van der Waals surface area contributed by atoms with E-state index in [2.05, 4.69) is 26.1 Å². The monoisotopic (exact) mass is 310 g/mol. The Morgan fingerprint density at radius 3 is 2.55 bits per heavy atom. The van der Waals surface area contributed by atoms with E-state index in [0.29, 0.717) is 17.4 Å². The fourth-order valence-corrected chi connectivity index (χ4v) is 3.98. The molecule has 0 aromatic carbocycles. The van der Waals surface area contributed by atoms with Crippen molar-refractivity contribution in [3.8, 4) is 0 Å². The van der Waals surface area contributed by atoms with Crippen LogP contribution in [0.3, 0.4) is 0 Å². The maximum Gasteiger partial charge on any atom is 0.410 e. The molecular weight excluding hydrogens is 276 g/mol. The van der Waals surface area contributed by atoms with Gasteiger partial charge in [-0.1, -0.05) is 20.8 Å². The lowest BCUT2D eigenvalue weighted by atomic mass is 9.91. The van der Waals surface area contributed by atoms with Gasteiger partial charge in [-0.15, -0.1) is 0 Å². The van der Waals surface area contributed by atoms with Gasteiger partial charge in [-0.3, -0.25) is 0 Å². The zero-order valence-corrected chi connectivity index (χ0v) is 15.2. The first-order chi connectivity index (χ1) is 10.1. The van der Waals surface area contributed by atoms with Crippen molar-refractivity contribution in [3.05, 3.63) is 0 Å². The summed E-state index contributed by atoms with van der Waals surface area (Å²) < 4.78 is 5.46. The molecule has 3 unspecified atom stereocenters. The molecule has 0 spiro atoms. The Kier molecular flexibility index (Phi) is 5.10. The smallest absolute Gasteiger partial charge is 0.410 e. The van der Waals surface area contributed by atoms with Crippen molar-refractivity contribution in [2.24, 2.45) is 17.3 Å². The molecule has 4 nitrogen and oxygen atoms in total. The van der Waals surface area contributed by atoms with Gasteiger partial charge in [-0.25, -0.2) is 4.79 Å². The molecule has 22 heavy (non-hydrogen) atoms. The zero-order valence-electron chi connectivity index (χ0n) is 15.2. The molecule has 2 rings (SSSR count). The van der Waals surface area contributed by atoms with Gasteiger partial charge in [0.25, 0.3) is 0 Å². The van der Waals surface area contributed by atoms with Crippen LogP contribution in [0.25, 0.3) is 0 Å². The van der Waals surface area contributed by atoms with Crippen LogP contribution < -0.4 is 5.32 Å². The molecule has 0 bridgehead atoms. The number of hydrogen-bond acceptors (Lipinski definition) is 3. The molecule has 1 heterocycles. The van der Waals surface area contributed by atoms with Gasteiger partial charge in [0.15, 0.2) is 0 Å². The summed E-state index contributed by atoms with van der Waals surface area (Å²) in [6.45, 7) is 15.5. The first-order valence-electron chi connectivity index (χ1n) is 8.77. The Morgan fingerprint density at radius 1 is 1.32 bits per heavy atom. The minimum Gasteiger partial charge on any atom is -0.444 e. The lowest BCUT2D eigenvalue weighted by Gasteiger charge is -2.25. The average Bonchev–Trinajstić information content (AvgIpc) is 2.89. The number of ether oxygens (including phenoxy) is 1. The summed E-state index contributed by atoms with van der Waals surface area (Å²) in [5.74, 6) is 1.31. The van der Waals surface area contributed by atoms with Crippen LogP contribution in [0.4, 0.5) is 4.79 Å². The van der Waals surface area contributed by atoms with Gasteiger partial charge in [0.05, 0.1) is 0 Å². The molecule has 0 aromatic rings. The molecule has 3 atom stereocenters. The molecule has 1 saturated heterocycles. The van der Waals surface area contributed by atoms with Gasteiger partial charge in [0.1, 0.15) is 5.60 Å². The third-order valence-corrected chi connectivity index (χ3v) is 4.94. The molecule has 2 aliphatic rings. The number of carbonyl (C=O) groups is 1. The van der Waals surface area contributed by atoms with Gasteiger partial charge < -0.3 is 15.0 Å². The van der Waals surface area contributed by atoms with Gasteiger partial charge in [-0.05, 0) is 63.8 Å². The molecule has 1 amide bonds. The van der Waals surface area contributed by atoms with Gasteiger partial charge in [0.2, 0.25) is 0 Å². The lowest BCUT2D eigenvalue weighted by Crippen LogP contribution is -2.38. The highest BCUT2D eigenvalue weighted by Crippen LogP contribution is 2.40. The molecule has 2 fully saturated rings. The van der Waals surface area contributed by atoms with Crippen LogP contribution in [0.2, 0.25) is 0 Å². The first kappa shape index (κ1) is 17.6. The van der Waals surface area contributed by atoms with Crippen molar-refractivity contribution in [1.29, 1.82) is 0 Å². The average molecular weight is 310 g/mol. The van der Waals surface area contributed by atoms with Crippen LogP contribution in [0.1, 0.15) is 60.8 Å². The van der Waals surface area contributed by atoms with E-state index in [4.69, 9.17) is 4.74 Å². The van der Waals surface area contributed by atoms with E-state index in [9.17, 15) is 4.79 Å². The summed E-state index contributed by atoms with van der Waals surface area (Å²) >= 11 is 0. The molecule has 1 aliphatic heterocycles. The highest BCUT2D eigenvalue weighted by Gasteiger charge is 2.37. The van der Waals surface area contributed by atoms with Crippen LogP contribution in [-0.4, -0.2) is 42.3 Å². The van der Waals surface area contributed by atoms with Gasteiger partial charge in [-0.2, -0.15) is 0 Å². The first-order valence-corrected chi connectivity index (χ1v) is 8.77. The van der Waals surface area contributed by atoms with Crippen LogP contribution in [0.5, 0.6) is 0 Å². The maximum absolute atomic E-state index is 12.1. The summed E-state index contributed by atoms with van der Waals surface area (Å²) in [5.41, 5.74) is 0.0631. The number of nitrogens with one attached hydrogen (secondary N) is 1. The minimum absolute atomic E-state index is 0.162. The van der Waals surface area contributed by atoms with Crippen LogP contribution >= 0.6 is 0 Å². The summed E-state index contributed by atoms with van der Waals surface area (Å²) in [7, 11) is 0. The predicted octanol–water partition coefficient (Wildman–Crippen LogP) is 3.66. The van der Waals surface area contributed by atoms with E-state index in [1.165, 1.54) is 12.8 Å². The Hall–Kier alpha value is -0.770. The number of nitrogens with zero attached hydrogens (tertiary/aromatic N) is 1. The van der Waals surface area contributed by atoms with Crippen molar-refractivity contribution in [1.82, 2.24) is 10.2 Å². The maximum atomic E-state index is 12.1. The predicted molar refractivity (Wildman–Crippen MR) is 89.9 cm³/mol. The Morgan fingerprint density at radius 2 is 2.00 bits per heavy atom. The lowest BCUT2D eigenvalue weighted by molar-refractivity contribution is 0.0288. The molecule has 128 valence electrons. The van der Waals surface area contributed by atoms with E-state index in [0.717, 1.165) is 32.0 Å². The molecular formula is C18H34N2O2. The van der Waals surface area contributed by atoms with Gasteiger partial charge in [0, 0.05) is 19.1 Å². The standard InChI is InChI=1S/C18H34N2O2/c1-13-9-18(5,6)10-15(13)19-11-14-7-8-20(12-14)16(21)22-17(2,3)4/h13-15,19H,7-12H2,1-6H3. The summed E-state index contributed by atoms with van der Waals surface area (Å²) in [6, 6.07) is 0.630. The highest BCUT2D eigenvalue weighted by molar-refractivity contribution is 5.68. The molecule has 0 radical (unpaired) electrons. The minimum atomic E-state index is -0.404. The van der Waals surface area contributed by atoms with E-state index in [1.54, 1.807) is 0 Å². The zero-order chi connectivity index (χ0) is 16.5. The Bertz CT molecular complexity index is 400. The van der Waals surface area contributed by atoms with Gasteiger partial charge >= 0.3 is 6.09 Å². The highest BCUT2D eigenvalue weighted by atomic mass is 16.6. The molecule has 1 N–H and O–H groups in total. The quantitative estimate of drug-likeness (QED) is 0.865. The topological polar surface area (TPSA) is 41.6 Å². The fraction of sp³-hybridized carbons (Fsp3) is 0.944. The second-order valence-electron chi connectivity index (χ2n) is 9.15. The van der Waals surface area contributed by atoms with Crippen molar-refractivity contribution < 1.29 is 9.53 Å². The number of rotatable bonds is 3. The van der Waals surface area contributed by atoms with Crippen molar-refractivity contribution in [2.45, 2.75) is 72.4 Å². The van der Waals surface area contributed by atoms with E-state index >= 15 is 0 Å². The normalized spacial score (nSPS) is 31.5. The molecule has 4 heteroatoms. The largest absolute Gasteiger partial charge is 0.444 e. The molecule has 0 aromatic heterocycles. The third kappa shape index (κ3) is 4.87. The number of likely N-dealkylation sites (tertiary alicyclic amines) is 1. The van der Waals surface area contributed by atoms with E-state index in [-0.39, 0.29) is 6.09 Å².